The number of benzene rings is 1. The van der Waals surface area contributed by atoms with Gasteiger partial charge in [0.15, 0.2) is 6.23 Å². The van der Waals surface area contributed by atoms with Crippen molar-refractivity contribution in [3.63, 3.8) is 0 Å². The number of nitrogen functional groups attached to an aromatic ring is 2. The van der Waals surface area contributed by atoms with Gasteiger partial charge >= 0.3 is 0 Å². The number of rotatable bonds is 4. The highest BCUT2D eigenvalue weighted by atomic mass is 79.9. The molecule has 0 radical (unpaired) electrons. The second-order valence-corrected chi connectivity index (χ2v) is 9.93. The summed E-state index contributed by atoms with van der Waals surface area (Å²) in [7, 11) is 0. The third kappa shape index (κ3) is 3.36. The fraction of sp³-hybridized carbons (Fsp3) is 0.375. The molecular weight excluding hydrogens is 500 g/mol. The van der Waals surface area contributed by atoms with Gasteiger partial charge in [0.1, 0.15) is 35.8 Å². The molecule has 1 saturated heterocycles. The van der Waals surface area contributed by atoms with E-state index in [1.54, 1.807) is 0 Å². The van der Waals surface area contributed by atoms with Gasteiger partial charge in [0.2, 0.25) is 0 Å². The van der Waals surface area contributed by atoms with Crippen molar-refractivity contribution in [2.75, 3.05) is 11.5 Å². The van der Waals surface area contributed by atoms with Crippen LogP contribution in [0.25, 0.3) is 21.9 Å². The van der Waals surface area contributed by atoms with Gasteiger partial charge < -0.3 is 31.0 Å². The van der Waals surface area contributed by atoms with Crippen LogP contribution < -0.4 is 11.5 Å². The van der Waals surface area contributed by atoms with Crippen LogP contribution in [0.1, 0.15) is 35.9 Å². The summed E-state index contributed by atoms with van der Waals surface area (Å²) in [5, 5.41) is 23.6. The van der Waals surface area contributed by atoms with Crippen molar-refractivity contribution < 1.29 is 14.9 Å². The van der Waals surface area contributed by atoms with Gasteiger partial charge in [-0.05, 0) is 71.3 Å². The van der Waals surface area contributed by atoms with E-state index in [9.17, 15) is 10.2 Å². The van der Waals surface area contributed by atoms with E-state index in [4.69, 9.17) is 16.2 Å². The zero-order valence-corrected chi connectivity index (χ0v) is 19.9. The number of hydrogen-bond donors (Lipinski definition) is 4. The summed E-state index contributed by atoms with van der Waals surface area (Å²) in [5.41, 5.74) is 16.8. The lowest BCUT2D eigenvalue weighted by molar-refractivity contribution is -0.0377. The molecule has 0 amide bonds. The molecule has 10 heteroatoms. The van der Waals surface area contributed by atoms with Gasteiger partial charge in [-0.2, -0.15) is 0 Å². The maximum Gasteiger partial charge on any atom is 0.164 e. The van der Waals surface area contributed by atoms with Gasteiger partial charge in [-0.3, -0.25) is 0 Å². The van der Waals surface area contributed by atoms with Gasteiger partial charge in [0.25, 0.3) is 0 Å². The largest absolute Gasteiger partial charge is 0.388 e. The molecule has 1 fully saturated rings. The lowest BCUT2D eigenvalue weighted by Gasteiger charge is -2.20. The van der Waals surface area contributed by atoms with Crippen LogP contribution in [0.2, 0.25) is 0 Å². The molecule has 0 unspecified atom stereocenters. The number of nitrogens with zero attached hydrogens (tertiary/aromatic N) is 4. The smallest absolute Gasteiger partial charge is 0.164 e. The van der Waals surface area contributed by atoms with Crippen LogP contribution in [0.4, 0.5) is 11.6 Å². The lowest BCUT2D eigenvalue weighted by Crippen LogP contribution is -2.32. The number of hydrogen-bond acceptors (Lipinski definition) is 8. The van der Waals surface area contributed by atoms with Gasteiger partial charge in [-0.25, -0.2) is 15.0 Å². The monoisotopic (exact) mass is 524 g/mol. The number of halogens is 1. The van der Waals surface area contributed by atoms with Crippen LogP contribution in [-0.2, 0) is 24.0 Å². The third-order valence-electron chi connectivity index (χ3n) is 7.04. The van der Waals surface area contributed by atoms with Crippen molar-refractivity contribution in [1.29, 1.82) is 0 Å². The Morgan fingerprint density at radius 3 is 2.79 bits per heavy atom. The number of aryl methyl sites for hydroxylation is 2. The van der Waals surface area contributed by atoms with Crippen molar-refractivity contribution in [2.24, 2.45) is 0 Å². The predicted molar refractivity (Wildman–Crippen MR) is 132 cm³/mol. The molecule has 4 aromatic rings. The van der Waals surface area contributed by atoms with E-state index >= 15 is 0 Å². The summed E-state index contributed by atoms with van der Waals surface area (Å²) in [6.45, 7) is 0. The SMILES string of the molecule is Nc1nc2cc(CC[C@H]3O[C@@H](n4c5c(c6c(N)ncnc64)CCC5)[C@H](O)[C@@H]3O)ccc2cc1Br. The quantitative estimate of drug-likeness (QED) is 0.318. The van der Waals surface area contributed by atoms with Crippen LogP contribution in [0, 0.1) is 0 Å². The van der Waals surface area contributed by atoms with Crippen LogP contribution in [0.15, 0.2) is 35.1 Å². The highest BCUT2D eigenvalue weighted by Crippen LogP contribution is 2.41. The zero-order chi connectivity index (χ0) is 23.6. The number of anilines is 2. The van der Waals surface area contributed by atoms with E-state index in [2.05, 4.69) is 30.9 Å². The first-order valence-electron chi connectivity index (χ1n) is 11.4. The van der Waals surface area contributed by atoms with Crippen LogP contribution in [-0.4, -0.2) is 48.0 Å². The highest BCUT2D eigenvalue weighted by molar-refractivity contribution is 9.10. The molecule has 0 bridgehead atoms. The summed E-state index contributed by atoms with van der Waals surface area (Å²) < 4.78 is 8.96. The molecule has 6 rings (SSSR count). The van der Waals surface area contributed by atoms with E-state index < -0.39 is 24.5 Å². The molecule has 6 N–H and O–H groups in total. The Hall–Kier alpha value is -2.79. The Morgan fingerprint density at radius 1 is 1.09 bits per heavy atom. The molecule has 4 heterocycles. The first-order valence-corrected chi connectivity index (χ1v) is 12.2. The molecular formula is C24H25BrN6O3. The number of nitrogens with two attached hydrogens (primary N) is 2. The number of aliphatic hydroxyl groups is 2. The topological polar surface area (TPSA) is 145 Å². The van der Waals surface area contributed by atoms with Crippen molar-refractivity contribution in [2.45, 2.75) is 56.6 Å². The average Bonchev–Trinajstić information content (AvgIpc) is 3.48. The number of pyridine rings is 1. The van der Waals surface area contributed by atoms with E-state index in [0.29, 0.717) is 30.1 Å². The summed E-state index contributed by atoms with van der Waals surface area (Å²) in [5.74, 6) is 0.880. The molecule has 34 heavy (non-hydrogen) atoms. The number of aliphatic hydroxyl groups excluding tert-OH is 2. The first kappa shape index (κ1) is 21.7. The number of aromatic nitrogens is 4. The van der Waals surface area contributed by atoms with Crippen molar-refractivity contribution in [1.82, 2.24) is 19.5 Å². The second-order valence-electron chi connectivity index (χ2n) is 9.07. The Morgan fingerprint density at radius 2 is 1.94 bits per heavy atom. The Labute approximate surface area is 203 Å². The Bertz CT molecular complexity index is 1420. The van der Waals surface area contributed by atoms with Crippen molar-refractivity contribution >= 4 is 49.5 Å². The molecule has 0 spiro atoms. The minimum Gasteiger partial charge on any atom is -0.388 e. The van der Waals surface area contributed by atoms with Gasteiger partial charge in [0.05, 0.1) is 21.5 Å². The molecule has 176 valence electrons. The lowest BCUT2D eigenvalue weighted by atomic mass is 10.0. The highest BCUT2D eigenvalue weighted by Gasteiger charge is 2.45. The number of ether oxygens (including phenoxy) is 1. The molecule has 2 aliphatic rings. The van der Waals surface area contributed by atoms with Crippen LogP contribution in [0.5, 0.6) is 0 Å². The summed E-state index contributed by atoms with van der Waals surface area (Å²) in [4.78, 5) is 13.0. The zero-order valence-electron chi connectivity index (χ0n) is 18.4. The molecule has 4 atom stereocenters. The summed E-state index contributed by atoms with van der Waals surface area (Å²) >= 11 is 3.41. The number of fused-ring (bicyclic) bond motifs is 4. The minimum absolute atomic E-state index is 0.434. The molecule has 0 saturated carbocycles. The standard InChI is InChI=1S/C24H25BrN6O3/c25-14-9-12-6-4-11(8-15(12)30-21(14)26)5-7-17-19(32)20(33)24(34-17)31-16-3-1-2-13(16)18-22(27)28-10-29-23(18)31/h4,6,8-10,17,19-20,24,32-33H,1-3,5,7H2,(H2,26,30)(H2,27,28,29)/t17-,19-,20-,24-/m1/s1. The summed E-state index contributed by atoms with van der Waals surface area (Å²) in [6.07, 6.45) is 2.05. The van der Waals surface area contributed by atoms with Crippen LogP contribution >= 0.6 is 15.9 Å². The van der Waals surface area contributed by atoms with E-state index in [1.165, 1.54) is 6.33 Å². The molecule has 1 aliphatic carbocycles. The second kappa shape index (κ2) is 8.16. The molecule has 3 aromatic heterocycles. The van der Waals surface area contributed by atoms with Gasteiger partial charge in [-0.1, -0.05) is 12.1 Å². The minimum atomic E-state index is -1.07. The van der Waals surface area contributed by atoms with Gasteiger partial charge in [0, 0.05) is 11.1 Å². The first-order chi connectivity index (χ1) is 16.4. The summed E-state index contributed by atoms with van der Waals surface area (Å²) in [6, 6.07) is 7.99. The molecule has 9 nitrogen and oxygen atoms in total. The fourth-order valence-corrected chi connectivity index (χ4v) is 5.71. The predicted octanol–water partition coefficient (Wildman–Crippen LogP) is 2.65. The van der Waals surface area contributed by atoms with Crippen molar-refractivity contribution in [3.05, 3.63) is 51.9 Å². The molecule has 1 aliphatic heterocycles. The van der Waals surface area contributed by atoms with E-state index in [0.717, 1.165) is 56.8 Å². The fourth-order valence-electron chi connectivity index (χ4n) is 5.37. The molecule has 1 aromatic carbocycles. The van der Waals surface area contributed by atoms with E-state index in [-0.39, 0.29) is 0 Å². The maximum absolute atomic E-state index is 11.0. The Kier molecular flexibility index (Phi) is 5.21. The van der Waals surface area contributed by atoms with Crippen LogP contribution in [0.3, 0.4) is 0 Å². The third-order valence-corrected chi connectivity index (χ3v) is 7.67. The Balaban J connectivity index is 1.26. The van der Waals surface area contributed by atoms with E-state index in [1.807, 2.05) is 28.8 Å². The normalized spacial score (nSPS) is 24.3. The van der Waals surface area contributed by atoms with Crippen molar-refractivity contribution in [3.8, 4) is 0 Å². The van der Waals surface area contributed by atoms with Gasteiger partial charge in [-0.15, -0.1) is 0 Å². The average molecular weight is 525 g/mol. The maximum atomic E-state index is 11.0.